The Morgan fingerprint density at radius 3 is 2.90 bits per heavy atom. The van der Waals surface area contributed by atoms with E-state index in [4.69, 9.17) is 9.47 Å². The molecule has 0 radical (unpaired) electrons. The summed E-state index contributed by atoms with van der Waals surface area (Å²) < 4.78 is 12.3. The second-order valence-electron chi connectivity index (χ2n) is 6.88. The summed E-state index contributed by atoms with van der Waals surface area (Å²) in [6.45, 7) is 6.88. The summed E-state index contributed by atoms with van der Waals surface area (Å²) in [5, 5.41) is 3.58. The van der Waals surface area contributed by atoms with Crippen LogP contribution in [0.1, 0.15) is 25.7 Å². The van der Waals surface area contributed by atoms with Crippen molar-refractivity contribution in [3.8, 4) is 0 Å². The van der Waals surface area contributed by atoms with Gasteiger partial charge in [-0.05, 0) is 31.4 Å². The number of likely N-dealkylation sites (tertiary alicyclic amines) is 1. The SMILES string of the molecule is C1=CC(CN2CCC3(CNCCC34OCCO4)C2)=CCC1. The first kappa shape index (κ1) is 13.9. The zero-order valence-electron chi connectivity index (χ0n) is 12.8. The van der Waals surface area contributed by atoms with Gasteiger partial charge in [-0.2, -0.15) is 0 Å². The molecule has 0 saturated carbocycles. The smallest absolute Gasteiger partial charge is 0.177 e. The standard InChI is InChI=1S/C17H26N2O2/c1-2-4-15(5-3-1)12-19-9-7-16(14-19)13-18-8-6-17(16)20-10-11-21-17/h2,4-5,18H,1,3,6-14H2. The van der Waals surface area contributed by atoms with Crippen molar-refractivity contribution in [1.29, 1.82) is 0 Å². The Kier molecular flexibility index (Phi) is 3.66. The van der Waals surface area contributed by atoms with Crippen LogP contribution in [0.4, 0.5) is 0 Å². The maximum atomic E-state index is 6.14. The predicted octanol–water partition coefficient (Wildman–Crippen LogP) is 1.69. The van der Waals surface area contributed by atoms with Crippen LogP contribution >= 0.6 is 0 Å². The van der Waals surface area contributed by atoms with Crippen molar-refractivity contribution in [2.45, 2.75) is 31.5 Å². The zero-order chi connectivity index (χ0) is 14.2. The van der Waals surface area contributed by atoms with E-state index in [1.165, 1.54) is 24.8 Å². The molecule has 21 heavy (non-hydrogen) atoms. The van der Waals surface area contributed by atoms with Crippen LogP contribution < -0.4 is 5.32 Å². The lowest BCUT2D eigenvalue weighted by atomic mass is 9.74. The highest BCUT2D eigenvalue weighted by molar-refractivity contribution is 5.24. The molecule has 3 fully saturated rings. The lowest BCUT2D eigenvalue weighted by Crippen LogP contribution is -2.60. The fourth-order valence-electron chi connectivity index (χ4n) is 4.48. The first-order valence-electron chi connectivity index (χ1n) is 8.39. The number of fused-ring (bicyclic) bond motifs is 1. The topological polar surface area (TPSA) is 33.7 Å². The van der Waals surface area contributed by atoms with Crippen LogP contribution in [0, 0.1) is 5.41 Å². The number of allylic oxidation sites excluding steroid dienone is 2. The van der Waals surface area contributed by atoms with E-state index in [0.717, 1.165) is 52.4 Å². The molecule has 2 spiro atoms. The van der Waals surface area contributed by atoms with Crippen LogP contribution in [0.15, 0.2) is 23.8 Å². The monoisotopic (exact) mass is 290 g/mol. The number of piperidine rings is 1. The van der Waals surface area contributed by atoms with Crippen LogP contribution in [-0.4, -0.2) is 56.6 Å². The summed E-state index contributed by atoms with van der Waals surface area (Å²) in [6, 6.07) is 0. The van der Waals surface area contributed by atoms with E-state index in [2.05, 4.69) is 28.4 Å². The highest BCUT2D eigenvalue weighted by atomic mass is 16.7. The number of ether oxygens (including phenoxy) is 2. The van der Waals surface area contributed by atoms with Gasteiger partial charge in [-0.1, -0.05) is 18.2 Å². The first-order valence-corrected chi connectivity index (χ1v) is 8.39. The zero-order valence-corrected chi connectivity index (χ0v) is 12.8. The fourth-order valence-corrected chi connectivity index (χ4v) is 4.48. The van der Waals surface area contributed by atoms with Gasteiger partial charge in [-0.25, -0.2) is 0 Å². The molecule has 1 N–H and O–H groups in total. The van der Waals surface area contributed by atoms with Gasteiger partial charge >= 0.3 is 0 Å². The third-order valence-electron chi connectivity index (χ3n) is 5.57. The number of hydrogen-bond acceptors (Lipinski definition) is 4. The molecular weight excluding hydrogens is 264 g/mol. The normalized spacial score (nSPS) is 35.7. The molecule has 0 aromatic carbocycles. The van der Waals surface area contributed by atoms with Gasteiger partial charge < -0.3 is 14.8 Å². The van der Waals surface area contributed by atoms with Gasteiger partial charge in [-0.3, -0.25) is 4.90 Å². The van der Waals surface area contributed by atoms with E-state index in [1.54, 1.807) is 0 Å². The van der Waals surface area contributed by atoms with Crippen LogP contribution in [0.2, 0.25) is 0 Å². The quantitative estimate of drug-likeness (QED) is 0.839. The molecule has 0 aromatic heterocycles. The minimum atomic E-state index is -0.316. The highest BCUT2D eigenvalue weighted by Crippen LogP contribution is 2.48. The number of rotatable bonds is 2. The van der Waals surface area contributed by atoms with Gasteiger partial charge in [0.05, 0.1) is 18.6 Å². The molecule has 0 bridgehead atoms. The van der Waals surface area contributed by atoms with Crippen molar-refractivity contribution in [2.24, 2.45) is 5.41 Å². The number of nitrogens with one attached hydrogen (secondary N) is 1. The van der Waals surface area contributed by atoms with Gasteiger partial charge in [0.1, 0.15) is 0 Å². The van der Waals surface area contributed by atoms with Gasteiger partial charge in [0.15, 0.2) is 5.79 Å². The summed E-state index contributed by atoms with van der Waals surface area (Å²) in [7, 11) is 0. The molecule has 1 atom stereocenters. The Hall–Kier alpha value is -0.680. The lowest BCUT2D eigenvalue weighted by Gasteiger charge is -2.48. The molecule has 3 aliphatic heterocycles. The third-order valence-corrected chi connectivity index (χ3v) is 5.57. The largest absolute Gasteiger partial charge is 0.347 e. The molecule has 3 saturated heterocycles. The maximum absolute atomic E-state index is 6.14. The van der Waals surface area contributed by atoms with Crippen molar-refractivity contribution in [2.75, 3.05) is 45.9 Å². The Morgan fingerprint density at radius 1 is 1.19 bits per heavy atom. The van der Waals surface area contributed by atoms with Crippen molar-refractivity contribution in [1.82, 2.24) is 10.2 Å². The molecule has 116 valence electrons. The Labute approximate surface area is 127 Å². The van der Waals surface area contributed by atoms with E-state index in [-0.39, 0.29) is 11.2 Å². The molecule has 0 aromatic rings. The van der Waals surface area contributed by atoms with Crippen molar-refractivity contribution in [3.63, 3.8) is 0 Å². The average molecular weight is 290 g/mol. The molecule has 1 unspecified atom stereocenters. The molecule has 3 heterocycles. The van der Waals surface area contributed by atoms with E-state index >= 15 is 0 Å². The van der Waals surface area contributed by atoms with Crippen molar-refractivity contribution >= 4 is 0 Å². The van der Waals surface area contributed by atoms with Gasteiger partial charge in [0.25, 0.3) is 0 Å². The molecule has 4 heteroatoms. The van der Waals surface area contributed by atoms with Gasteiger partial charge in [-0.15, -0.1) is 0 Å². The lowest BCUT2D eigenvalue weighted by molar-refractivity contribution is -0.246. The first-order chi connectivity index (χ1) is 10.3. The Bertz CT molecular complexity index is 454. The molecular formula is C17H26N2O2. The highest BCUT2D eigenvalue weighted by Gasteiger charge is 2.59. The summed E-state index contributed by atoms with van der Waals surface area (Å²) >= 11 is 0. The van der Waals surface area contributed by atoms with Crippen molar-refractivity contribution in [3.05, 3.63) is 23.8 Å². The molecule has 0 amide bonds. The number of hydrogen-bond donors (Lipinski definition) is 1. The van der Waals surface area contributed by atoms with Gasteiger partial charge in [0, 0.05) is 32.6 Å². The van der Waals surface area contributed by atoms with Crippen LogP contribution in [0.5, 0.6) is 0 Å². The molecule has 4 nitrogen and oxygen atoms in total. The second-order valence-corrected chi connectivity index (χ2v) is 6.88. The predicted molar refractivity (Wildman–Crippen MR) is 82.1 cm³/mol. The van der Waals surface area contributed by atoms with Gasteiger partial charge in [0.2, 0.25) is 0 Å². The Morgan fingerprint density at radius 2 is 2.10 bits per heavy atom. The summed E-state index contributed by atoms with van der Waals surface area (Å²) in [5.74, 6) is -0.316. The fraction of sp³-hybridized carbons (Fsp3) is 0.765. The van der Waals surface area contributed by atoms with Crippen LogP contribution in [0.3, 0.4) is 0 Å². The van der Waals surface area contributed by atoms with E-state index < -0.39 is 0 Å². The molecule has 1 aliphatic carbocycles. The third kappa shape index (κ3) is 2.38. The van der Waals surface area contributed by atoms with Crippen molar-refractivity contribution < 1.29 is 9.47 Å². The van der Waals surface area contributed by atoms with E-state index in [9.17, 15) is 0 Å². The number of nitrogens with zero attached hydrogens (tertiary/aromatic N) is 1. The summed E-state index contributed by atoms with van der Waals surface area (Å²) in [6.07, 6.45) is 11.5. The maximum Gasteiger partial charge on any atom is 0.177 e. The minimum Gasteiger partial charge on any atom is -0.347 e. The van der Waals surface area contributed by atoms with Crippen LogP contribution in [-0.2, 0) is 9.47 Å². The van der Waals surface area contributed by atoms with E-state index in [0.29, 0.717) is 0 Å². The second kappa shape index (κ2) is 5.51. The molecule has 4 rings (SSSR count). The summed E-state index contributed by atoms with van der Waals surface area (Å²) in [5.41, 5.74) is 1.62. The van der Waals surface area contributed by atoms with E-state index in [1.807, 2.05) is 0 Å². The van der Waals surface area contributed by atoms with Crippen LogP contribution in [0.25, 0.3) is 0 Å². The summed E-state index contributed by atoms with van der Waals surface area (Å²) in [4.78, 5) is 2.58. The minimum absolute atomic E-state index is 0.140. The Balaban J connectivity index is 1.48. The average Bonchev–Trinajstić information content (AvgIpc) is 3.13. The molecule has 4 aliphatic rings.